The first-order valence-corrected chi connectivity index (χ1v) is 12.4. The molecule has 4 rings (SSSR count). The normalized spacial score (nSPS) is 14.0. The van der Waals surface area contributed by atoms with Gasteiger partial charge in [-0.25, -0.2) is 4.79 Å². The van der Waals surface area contributed by atoms with Crippen molar-refractivity contribution in [2.45, 2.75) is 45.6 Å². The van der Waals surface area contributed by atoms with Crippen molar-refractivity contribution in [1.29, 1.82) is 0 Å². The number of thiophene rings is 1. The lowest BCUT2D eigenvalue weighted by atomic mass is 10.1. The minimum absolute atomic E-state index is 0.105. The van der Waals surface area contributed by atoms with Gasteiger partial charge >= 0.3 is 5.97 Å². The Morgan fingerprint density at radius 2 is 1.76 bits per heavy atom. The van der Waals surface area contributed by atoms with Gasteiger partial charge in [0, 0.05) is 23.7 Å². The van der Waals surface area contributed by atoms with E-state index in [0.29, 0.717) is 5.69 Å². The number of rotatable bonds is 5. The maximum absolute atomic E-state index is 13.3. The number of nitrogens with one attached hydrogen (secondary N) is 1. The Balaban J connectivity index is 1.67. The summed E-state index contributed by atoms with van der Waals surface area (Å²) in [5.41, 5.74) is 1.88. The Bertz CT molecular complexity index is 1180. The molecule has 0 spiro atoms. The molecule has 1 fully saturated rings. The molecular formula is C27H30N2O4S. The van der Waals surface area contributed by atoms with Gasteiger partial charge < -0.3 is 20.1 Å². The summed E-state index contributed by atoms with van der Waals surface area (Å²) in [4.78, 5) is 29.4. The number of carbonyl (C=O) groups is 2. The van der Waals surface area contributed by atoms with Crippen LogP contribution in [-0.4, -0.2) is 35.7 Å². The summed E-state index contributed by atoms with van der Waals surface area (Å²) in [7, 11) is 0. The standard InChI is InChI=1S/C27H30N2O4S/c1-27(2,3)33-26(32)20-11-9-18(24-8-7-15-34-24)16-22(20)28-25(31)21-17-19(10-12-23(21)30)29-13-5-4-6-14-29/h7-12,15-17,30H,4-6,13-14H2,1-3H3,(H,28,31). The number of esters is 1. The van der Waals surface area contributed by atoms with E-state index < -0.39 is 17.5 Å². The van der Waals surface area contributed by atoms with Crippen LogP contribution >= 0.6 is 11.3 Å². The molecule has 0 radical (unpaired) electrons. The molecule has 6 nitrogen and oxygen atoms in total. The largest absolute Gasteiger partial charge is 0.507 e. The molecular weight excluding hydrogens is 448 g/mol. The predicted octanol–water partition coefficient (Wildman–Crippen LogP) is 6.32. The molecule has 1 aliphatic rings. The molecule has 0 bridgehead atoms. The van der Waals surface area contributed by atoms with Gasteiger partial charge in [0.1, 0.15) is 11.4 Å². The highest BCUT2D eigenvalue weighted by atomic mass is 32.1. The third-order valence-electron chi connectivity index (χ3n) is 5.64. The van der Waals surface area contributed by atoms with Gasteiger partial charge in [0.15, 0.2) is 0 Å². The molecule has 1 amide bonds. The van der Waals surface area contributed by atoms with Gasteiger partial charge in [-0.3, -0.25) is 4.79 Å². The van der Waals surface area contributed by atoms with E-state index in [1.165, 1.54) is 6.42 Å². The van der Waals surface area contributed by atoms with Crippen LogP contribution in [0.2, 0.25) is 0 Å². The second-order valence-corrected chi connectivity index (χ2v) is 10.4. The number of ether oxygens (including phenoxy) is 1. The summed E-state index contributed by atoms with van der Waals surface area (Å²) in [6.45, 7) is 7.25. The fourth-order valence-electron chi connectivity index (χ4n) is 4.00. The van der Waals surface area contributed by atoms with Gasteiger partial charge in [0.2, 0.25) is 0 Å². The molecule has 2 N–H and O–H groups in total. The highest BCUT2D eigenvalue weighted by Gasteiger charge is 2.23. The van der Waals surface area contributed by atoms with Gasteiger partial charge in [-0.1, -0.05) is 12.1 Å². The van der Waals surface area contributed by atoms with Gasteiger partial charge in [-0.15, -0.1) is 11.3 Å². The van der Waals surface area contributed by atoms with Crippen LogP contribution in [0.4, 0.5) is 11.4 Å². The Morgan fingerprint density at radius 3 is 2.44 bits per heavy atom. The van der Waals surface area contributed by atoms with Gasteiger partial charge in [-0.05, 0) is 87.4 Å². The second kappa shape index (κ2) is 9.89. The summed E-state index contributed by atoms with van der Waals surface area (Å²) in [6, 6.07) is 14.3. The van der Waals surface area contributed by atoms with E-state index in [9.17, 15) is 14.7 Å². The van der Waals surface area contributed by atoms with Crippen LogP contribution in [0.25, 0.3) is 10.4 Å². The molecule has 34 heavy (non-hydrogen) atoms. The Labute approximate surface area is 204 Å². The second-order valence-electron chi connectivity index (χ2n) is 9.44. The zero-order valence-corrected chi connectivity index (χ0v) is 20.6. The summed E-state index contributed by atoms with van der Waals surface area (Å²) in [5, 5.41) is 15.3. The van der Waals surface area contributed by atoms with E-state index in [1.54, 1.807) is 56.4 Å². The van der Waals surface area contributed by atoms with Crippen LogP contribution in [0.5, 0.6) is 5.75 Å². The monoisotopic (exact) mass is 478 g/mol. The van der Waals surface area contributed by atoms with Gasteiger partial charge in [0.25, 0.3) is 5.91 Å². The topological polar surface area (TPSA) is 78.9 Å². The van der Waals surface area contributed by atoms with Crippen molar-refractivity contribution >= 4 is 34.6 Å². The minimum Gasteiger partial charge on any atom is -0.507 e. The number of phenols is 1. The van der Waals surface area contributed by atoms with Crippen molar-refractivity contribution < 1.29 is 19.4 Å². The van der Waals surface area contributed by atoms with Crippen LogP contribution in [0.3, 0.4) is 0 Å². The number of phenolic OH excluding ortho intramolecular Hbond substituents is 1. The highest BCUT2D eigenvalue weighted by Crippen LogP contribution is 2.32. The average molecular weight is 479 g/mol. The number of carbonyl (C=O) groups excluding carboxylic acids is 2. The highest BCUT2D eigenvalue weighted by molar-refractivity contribution is 7.13. The zero-order valence-electron chi connectivity index (χ0n) is 19.8. The number of anilines is 2. The fraction of sp³-hybridized carbons (Fsp3) is 0.333. The molecule has 3 aromatic rings. The molecule has 0 atom stereocenters. The number of piperidine rings is 1. The maximum Gasteiger partial charge on any atom is 0.340 e. The van der Waals surface area contributed by atoms with Crippen molar-refractivity contribution in [3.8, 4) is 16.2 Å². The number of benzene rings is 2. The molecule has 7 heteroatoms. The van der Waals surface area contributed by atoms with Crippen LogP contribution in [0.15, 0.2) is 53.9 Å². The summed E-state index contributed by atoms with van der Waals surface area (Å²) < 4.78 is 5.56. The molecule has 2 aromatic carbocycles. The minimum atomic E-state index is -0.675. The number of hydrogen-bond donors (Lipinski definition) is 2. The Kier molecular flexibility index (Phi) is 6.93. The molecule has 0 unspecified atom stereocenters. The molecule has 178 valence electrons. The third-order valence-corrected chi connectivity index (χ3v) is 6.56. The molecule has 1 aromatic heterocycles. The summed E-state index contributed by atoms with van der Waals surface area (Å²) in [5.74, 6) is -1.11. The van der Waals surface area contributed by atoms with E-state index >= 15 is 0 Å². The first kappa shape index (κ1) is 23.8. The molecule has 2 heterocycles. The molecule has 1 saturated heterocycles. The van der Waals surface area contributed by atoms with Crippen molar-refractivity contribution in [1.82, 2.24) is 0 Å². The Hall–Kier alpha value is -3.32. The SMILES string of the molecule is CC(C)(C)OC(=O)c1ccc(-c2cccs2)cc1NC(=O)c1cc(N2CCCCC2)ccc1O. The molecule has 1 aliphatic heterocycles. The quantitative estimate of drug-likeness (QED) is 0.420. The third kappa shape index (κ3) is 5.59. The van der Waals surface area contributed by atoms with Crippen LogP contribution < -0.4 is 10.2 Å². The number of hydrogen-bond acceptors (Lipinski definition) is 6. The predicted molar refractivity (Wildman–Crippen MR) is 137 cm³/mol. The smallest absolute Gasteiger partial charge is 0.340 e. The molecule has 0 aliphatic carbocycles. The lowest BCUT2D eigenvalue weighted by molar-refractivity contribution is 0.00708. The first-order chi connectivity index (χ1) is 16.2. The number of nitrogens with zero attached hydrogens (tertiary/aromatic N) is 1. The fourth-order valence-corrected chi connectivity index (χ4v) is 4.72. The van der Waals surface area contributed by atoms with Gasteiger partial charge in [0.05, 0.1) is 16.8 Å². The lowest BCUT2D eigenvalue weighted by Crippen LogP contribution is -2.29. The van der Waals surface area contributed by atoms with E-state index in [1.807, 2.05) is 29.6 Å². The number of aromatic hydroxyl groups is 1. The van der Waals surface area contributed by atoms with Crippen molar-refractivity contribution in [2.75, 3.05) is 23.3 Å². The van der Waals surface area contributed by atoms with E-state index in [-0.39, 0.29) is 16.9 Å². The summed E-state index contributed by atoms with van der Waals surface area (Å²) in [6.07, 6.45) is 3.42. The van der Waals surface area contributed by atoms with E-state index in [0.717, 1.165) is 42.1 Å². The van der Waals surface area contributed by atoms with E-state index in [2.05, 4.69) is 10.2 Å². The Morgan fingerprint density at radius 1 is 1.00 bits per heavy atom. The van der Waals surface area contributed by atoms with Gasteiger partial charge in [-0.2, -0.15) is 0 Å². The zero-order chi connectivity index (χ0) is 24.3. The molecule has 0 saturated carbocycles. The maximum atomic E-state index is 13.3. The van der Waals surface area contributed by atoms with Crippen LogP contribution in [-0.2, 0) is 4.74 Å². The van der Waals surface area contributed by atoms with Crippen molar-refractivity contribution in [3.63, 3.8) is 0 Å². The average Bonchev–Trinajstić information content (AvgIpc) is 3.34. The lowest BCUT2D eigenvalue weighted by Gasteiger charge is -2.29. The van der Waals surface area contributed by atoms with Crippen LogP contribution in [0.1, 0.15) is 60.7 Å². The summed E-state index contributed by atoms with van der Waals surface area (Å²) >= 11 is 1.57. The van der Waals surface area contributed by atoms with Crippen LogP contribution in [0, 0.1) is 0 Å². The number of amides is 1. The first-order valence-electron chi connectivity index (χ1n) is 11.5. The van der Waals surface area contributed by atoms with E-state index in [4.69, 9.17) is 4.74 Å². The van der Waals surface area contributed by atoms with Crippen molar-refractivity contribution in [2.24, 2.45) is 0 Å². The van der Waals surface area contributed by atoms with Crippen molar-refractivity contribution in [3.05, 3.63) is 65.0 Å².